The van der Waals surface area contributed by atoms with E-state index in [9.17, 15) is 4.79 Å². The van der Waals surface area contributed by atoms with E-state index in [-0.39, 0.29) is 18.0 Å². The van der Waals surface area contributed by atoms with Crippen molar-refractivity contribution in [1.29, 1.82) is 0 Å². The average molecular weight is 233 g/mol. The molecule has 1 saturated heterocycles. The molecule has 0 aliphatic carbocycles. The number of carbonyl (C=O) groups excluding carboxylic acids is 1. The SMILES string of the molecule is Cc1ccccc1CC(=O)C1CCC(CN)O1. The molecule has 2 unspecified atom stereocenters. The Balaban J connectivity index is 1.96. The lowest BCUT2D eigenvalue weighted by Crippen LogP contribution is -2.26. The van der Waals surface area contributed by atoms with E-state index in [0.29, 0.717) is 13.0 Å². The number of aryl methyl sites for hydroxylation is 1. The number of rotatable bonds is 4. The predicted octanol–water partition coefficient (Wildman–Crippen LogP) is 1.61. The first kappa shape index (κ1) is 12.3. The number of benzene rings is 1. The zero-order valence-corrected chi connectivity index (χ0v) is 10.2. The quantitative estimate of drug-likeness (QED) is 0.859. The van der Waals surface area contributed by atoms with Gasteiger partial charge in [-0.1, -0.05) is 24.3 Å². The zero-order valence-electron chi connectivity index (χ0n) is 10.2. The van der Waals surface area contributed by atoms with Crippen molar-refractivity contribution >= 4 is 5.78 Å². The minimum atomic E-state index is -0.247. The van der Waals surface area contributed by atoms with Crippen LogP contribution in [0.5, 0.6) is 0 Å². The normalized spacial score (nSPS) is 23.9. The van der Waals surface area contributed by atoms with E-state index >= 15 is 0 Å². The van der Waals surface area contributed by atoms with Gasteiger partial charge in [0.05, 0.1) is 6.10 Å². The van der Waals surface area contributed by atoms with Crippen LogP contribution in [-0.2, 0) is 16.0 Å². The van der Waals surface area contributed by atoms with Gasteiger partial charge in [-0.2, -0.15) is 0 Å². The first-order chi connectivity index (χ1) is 8.20. The van der Waals surface area contributed by atoms with Crippen LogP contribution in [0.4, 0.5) is 0 Å². The molecule has 2 atom stereocenters. The second kappa shape index (κ2) is 5.43. The highest BCUT2D eigenvalue weighted by Gasteiger charge is 2.29. The number of ether oxygens (including phenoxy) is 1. The maximum Gasteiger partial charge on any atom is 0.165 e. The predicted molar refractivity (Wildman–Crippen MR) is 66.8 cm³/mol. The summed E-state index contributed by atoms with van der Waals surface area (Å²) >= 11 is 0. The van der Waals surface area contributed by atoms with Crippen molar-refractivity contribution in [3.63, 3.8) is 0 Å². The van der Waals surface area contributed by atoms with Gasteiger partial charge in [-0.05, 0) is 30.9 Å². The lowest BCUT2D eigenvalue weighted by atomic mass is 10.00. The molecule has 2 rings (SSSR count). The van der Waals surface area contributed by atoms with Gasteiger partial charge in [-0.3, -0.25) is 4.79 Å². The molecule has 17 heavy (non-hydrogen) atoms. The van der Waals surface area contributed by atoms with Gasteiger partial charge in [0.1, 0.15) is 6.10 Å². The molecule has 0 radical (unpaired) electrons. The summed E-state index contributed by atoms with van der Waals surface area (Å²) in [5.74, 6) is 0.176. The Hall–Kier alpha value is -1.19. The third-order valence-electron chi connectivity index (χ3n) is 3.36. The standard InChI is InChI=1S/C14H19NO2/c1-10-4-2-3-5-11(10)8-13(16)14-7-6-12(9-15)17-14/h2-5,12,14H,6-9,15H2,1H3. The van der Waals surface area contributed by atoms with E-state index in [1.165, 1.54) is 0 Å². The molecule has 2 N–H and O–H groups in total. The fraction of sp³-hybridized carbons (Fsp3) is 0.500. The molecule has 1 aromatic rings. The zero-order chi connectivity index (χ0) is 12.3. The van der Waals surface area contributed by atoms with E-state index in [0.717, 1.165) is 24.0 Å². The first-order valence-electron chi connectivity index (χ1n) is 6.13. The molecule has 0 spiro atoms. The minimum absolute atomic E-state index is 0.0702. The highest BCUT2D eigenvalue weighted by Crippen LogP contribution is 2.21. The number of hydrogen-bond acceptors (Lipinski definition) is 3. The van der Waals surface area contributed by atoms with Crippen LogP contribution in [0.2, 0.25) is 0 Å². The van der Waals surface area contributed by atoms with Gasteiger partial charge in [0.25, 0.3) is 0 Å². The highest BCUT2D eigenvalue weighted by molar-refractivity contribution is 5.85. The van der Waals surface area contributed by atoms with Crippen LogP contribution >= 0.6 is 0 Å². The summed E-state index contributed by atoms with van der Waals surface area (Å²) < 4.78 is 5.61. The summed E-state index contributed by atoms with van der Waals surface area (Å²) in [6.07, 6.45) is 2.01. The molecule has 0 amide bonds. The number of nitrogens with two attached hydrogens (primary N) is 1. The Bertz CT molecular complexity index is 403. The third kappa shape index (κ3) is 2.93. The van der Waals surface area contributed by atoms with Gasteiger partial charge in [-0.15, -0.1) is 0 Å². The number of carbonyl (C=O) groups is 1. The maximum absolute atomic E-state index is 12.1. The van der Waals surface area contributed by atoms with Crippen LogP contribution in [0.15, 0.2) is 24.3 Å². The van der Waals surface area contributed by atoms with Gasteiger partial charge in [-0.25, -0.2) is 0 Å². The molecule has 1 fully saturated rings. The van der Waals surface area contributed by atoms with Gasteiger partial charge in [0.15, 0.2) is 5.78 Å². The van der Waals surface area contributed by atoms with Gasteiger partial charge >= 0.3 is 0 Å². The molecule has 3 nitrogen and oxygen atoms in total. The lowest BCUT2D eigenvalue weighted by molar-refractivity contribution is -0.128. The minimum Gasteiger partial charge on any atom is -0.366 e. The van der Waals surface area contributed by atoms with Gasteiger partial charge in [0, 0.05) is 13.0 Å². The lowest BCUT2D eigenvalue weighted by Gasteiger charge is -2.12. The van der Waals surface area contributed by atoms with Crippen molar-refractivity contribution in [2.24, 2.45) is 5.73 Å². The molecule has 3 heteroatoms. The molecular formula is C14H19NO2. The van der Waals surface area contributed by atoms with E-state index in [2.05, 4.69) is 0 Å². The molecule has 1 aromatic carbocycles. The monoisotopic (exact) mass is 233 g/mol. The Labute approximate surface area is 102 Å². The van der Waals surface area contributed by atoms with Crippen molar-refractivity contribution in [1.82, 2.24) is 0 Å². The molecule has 0 bridgehead atoms. The second-order valence-electron chi connectivity index (χ2n) is 4.63. The van der Waals surface area contributed by atoms with Crippen LogP contribution in [0, 0.1) is 6.92 Å². The Morgan fingerprint density at radius 3 is 2.82 bits per heavy atom. The second-order valence-corrected chi connectivity index (χ2v) is 4.63. The van der Waals surface area contributed by atoms with E-state index in [1.54, 1.807) is 0 Å². The summed E-state index contributed by atoms with van der Waals surface area (Å²) in [4.78, 5) is 12.1. The maximum atomic E-state index is 12.1. The topological polar surface area (TPSA) is 52.3 Å². The smallest absolute Gasteiger partial charge is 0.165 e. The molecule has 0 saturated carbocycles. The Morgan fingerprint density at radius 1 is 1.41 bits per heavy atom. The van der Waals surface area contributed by atoms with Crippen molar-refractivity contribution in [3.05, 3.63) is 35.4 Å². The molecular weight excluding hydrogens is 214 g/mol. The first-order valence-corrected chi connectivity index (χ1v) is 6.13. The molecule has 0 aromatic heterocycles. The van der Waals surface area contributed by atoms with Crippen LogP contribution in [-0.4, -0.2) is 24.5 Å². The van der Waals surface area contributed by atoms with Crippen LogP contribution in [0.1, 0.15) is 24.0 Å². The van der Waals surface area contributed by atoms with Crippen molar-refractivity contribution in [2.75, 3.05) is 6.54 Å². The fourth-order valence-corrected chi connectivity index (χ4v) is 2.23. The van der Waals surface area contributed by atoms with Gasteiger partial charge in [0.2, 0.25) is 0 Å². The molecule has 1 aliphatic heterocycles. The van der Waals surface area contributed by atoms with Crippen LogP contribution < -0.4 is 5.73 Å². The van der Waals surface area contributed by atoms with E-state index < -0.39 is 0 Å². The van der Waals surface area contributed by atoms with Crippen molar-refractivity contribution < 1.29 is 9.53 Å². The summed E-state index contributed by atoms with van der Waals surface area (Å²) in [7, 11) is 0. The average Bonchev–Trinajstić information content (AvgIpc) is 2.81. The Morgan fingerprint density at radius 2 is 2.18 bits per heavy atom. The molecule has 92 valence electrons. The summed E-state index contributed by atoms with van der Waals surface area (Å²) in [6.45, 7) is 2.54. The number of hydrogen-bond donors (Lipinski definition) is 1. The third-order valence-corrected chi connectivity index (χ3v) is 3.36. The molecule has 1 aliphatic rings. The highest BCUT2D eigenvalue weighted by atomic mass is 16.5. The number of Topliss-reactive ketones (excluding diaryl/α,β-unsaturated/α-hetero) is 1. The number of ketones is 1. The fourth-order valence-electron chi connectivity index (χ4n) is 2.23. The van der Waals surface area contributed by atoms with E-state index in [4.69, 9.17) is 10.5 Å². The molecule has 1 heterocycles. The van der Waals surface area contributed by atoms with Crippen molar-refractivity contribution in [3.8, 4) is 0 Å². The van der Waals surface area contributed by atoms with E-state index in [1.807, 2.05) is 31.2 Å². The van der Waals surface area contributed by atoms with Crippen LogP contribution in [0.25, 0.3) is 0 Å². The van der Waals surface area contributed by atoms with Gasteiger partial charge < -0.3 is 10.5 Å². The summed E-state index contributed by atoms with van der Waals surface area (Å²) in [5, 5.41) is 0. The summed E-state index contributed by atoms with van der Waals surface area (Å²) in [5.41, 5.74) is 7.79. The largest absolute Gasteiger partial charge is 0.366 e. The Kier molecular flexibility index (Phi) is 3.92. The summed E-state index contributed by atoms with van der Waals surface area (Å²) in [6, 6.07) is 7.98. The van der Waals surface area contributed by atoms with Crippen LogP contribution in [0.3, 0.4) is 0 Å². The van der Waals surface area contributed by atoms with Crippen molar-refractivity contribution in [2.45, 2.75) is 38.4 Å².